The normalized spacial score (nSPS) is 5.33. The van der Waals surface area contributed by atoms with Crippen molar-refractivity contribution in [2.24, 2.45) is 0 Å². The van der Waals surface area contributed by atoms with Crippen LogP contribution in [-0.2, 0) is 0 Å². The molecule has 0 amide bonds. The van der Waals surface area contributed by atoms with Crippen LogP contribution in [0.3, 0.4) is 0 Å². The number of unbranched alkanes of at least 4 members (excludes halogenated alkanes) is 2. The van der Waals surface area contributed by atoms with E-state index in [1.165, 1.54) is 12.8 Å². The summed E-state index contributed by atoms with van der Waals surface area (Å²) in [5.74, 6) is 0. The van der Waals surface area contributed by atoms with Crippen molar-refractivity contribution in [2.45, 2.75) is 33.1 Å². The van der Waals surface area contributed by atoms with Crippen LogP contribution < -0.4 is 37.7 Å². The van der Waals surface area contributed by atoms with E-state index in [0.29, 0.717) is 0 Å². The Bertz CT molecular complexity index is 14.4. The molecule has 0 atom stereocenters. The molecule has 0 fully saturated rings. The standard InChI is InChI=1S/C5H11.C2H5.2Li/c1-3-5-4-2;1-2;;/h1,3-5H2,2H3;1H2,2H3;;/q2*-1;2*+1. The summed E-state index contributed by atoms with van der Waals surface area (Å²) in [5.41, 5.74) is 0. The molecular formula is C7H16Li2. The molecule has 0 aromatic rings. The van der Waals surface area contributed by atoms with Crippen molar-refractivity contribution in [1.29, 1.82) is 0 Å². The van der Waals surface area contributed by atoms with Crippen LogP contribution in [0.4, 0.5) is 0 Å². The van der Waals surface area contributed by atoms with Crippen LogP contribution in [-0.4, -0.2) is 0 Å². The Morgan fingerprint density at radius 2 is 1.44 bits per heavy atom. The number of rotatable bonds is 2. The predicted molar refractivity (Wildman–Crippen MR) is 35.9 cm³/mol. The predicted octanol–water partition coefficient (Wildman–Crippen LogP) is -3.14. The summed E-state index contributed by atoms with van der Waals surface area (Å²) in [5, 5.41) is 0. The van der Waals surface area contributed by atoms with Crippen molar-refractivity contribution in [1.82, 2.24) is 0 Å². The fraction of sp³-hybridized carbons (Fsp3) is 0.714. The molecule has 0 unspecified atom stereocenters. The first-order chi connectivity index (χ1) is 3.41. The van der Waals surface area contributed by atoms with E-state index >= 15 is 0 Å². The molecule has 9 heavy (non-hydrogen) atoms. The van der Waals surface area contributed by atoms with E-state index in [2.05, 4.69) is 20.8 Å². The zero-order chi connectivity index (χ0) is 6.12. The quantitative estimate of drug-likeness (QED) is 0.263. The Labute approximate surface area is 84.5 Å². The maximum atomic E-state index is 3.68. The van der Waals surface area contributed by atoms with Crippen molar-refractivity contribution in [3.8, 4) is 0 Å². The molecule has 0 radical (unpaired) electrons. The molecule has 0 rings (SSSR count). The molecule has 0 heterocycles. The van der Waals surface area contributed by atoms with Crippen molar-refractivity contribution in [3.63, 3.8) is 0 Å². The van der Waals surface area contributed by atoms with Gasteiger partial charge >= 0.3 is 37.7 Å². The number of hydrogen-bond acceptors (Lipinski definition) is 0. The Hall–Kier alpha value is 1.19. The molecule has 0 aliphatic rings. The van der Waals surface area contributed by atoms with Crippen LogP contribution in [0.2, 0.25) is 0 Å². The van der Waals surface area contributed by atoms with E-state index in [0.717, 1.165) is 6.42 Å². The molecule has 0 N–H and O–H groups in total. The molecular weight excluding hydrogens is 98.0 g/mol. The monoisotopic (exact) mass is 114 g/mol. The third kappa shape index (κ3) is 46.6. The minimum absolute atomic E-state index is 0. The van der Waals surface area contributed by atoms with Gasteiger partial charge in [0, 0.05) is 0 Å². The molecule has 0 saturated carbocycles. The van der Waals surface area contributed by atoms with E-state index in [9.17, 15) is 0 Å². The first-order valence-corrected chi connectivity index (χ1v) is 2.91. The summed E-state index contributed by atoms with van der Waals surface area (Å²) in [6.07, 6.45) is 3.65. The maximum absolute atomic E-state index is 3.68. The molecule has 2 heteroatoms. The molecule has 0 aromatic carbocycles. The summed E-state index contributed by atoms with van der Waals surface area (Å²) in [4.78, 5) is 0. The fourth-order valence-electron chi connectivity index (χ4n) is 0.250. The topological polar surface area (TPSA) is 0 Å². The van der Waals surface area contributed by atoms with E-state index in [1.807, 2.05) is 0 Å². The van der Waals surface area contributed by atoms with Gasteiger partial charge in [-0.3, -0.25) is 0 Å². The van der Waals surface area contributed by atoms with Crippen LogP contribution in [0.5, 0.6) is 0 Å². The fourth-order valence-corrected chi connectivity index (χ4v) is 0.250. The smallest absolute Gasteiger partial charge is 0.346 e. The number of hydrogen-bond donors (Lipinski definition) is 0. The van der Waals surface area contributed by atoms with E-state index < -0.39 is 0 Å². The molecule has 0 aromatic heterocycles. The van der Waals surface area contributed by atoms with Gasteiger partial charge in [0.2, 0.25) is 0 Å². The molecule has 0 aliphatic carbocycles. The second kappa shape index (κ2) is 35.1. The van der Waals surface area contributed by atoms with Gasteiger partial charge in [-0.1, -0.05) is 19.8 Å². The minimum atomic E-state index is 0. The maximum Gasteiger partial charge on any atom is 1.00 e. The summed E-state index contributed by atoms with van der Waals surface area (Å²) in [7, 11) is 0. The van der Waals surface area contributed by atoms with Gasteiger partial charge in [-0.15, -0.1) is 0 Å². The average Bonchev–Trinajstić information content (AvgIpc) is 1.75. The van der Waals surface area contributed by atoms with Crippen molar-refractivity contribution in [2.75, 3.05) is 0 Å². The largest absolute Gasteiger partial charge is 1.00 e. The molecule has 0 nitrogen and oxygen atoms in total. The average molecular weight is 114 g/mol. The zero-order valence-corrected chi connectivity index (χ0v) is 7.54. The van der Waals surface area contributed by atoms with Crippen LogP contribution in [0.25, 0.3) is 0 Å². The van der Waals surface area contributed by atoms with Crippen LogP contribution >= 0.6 is 0 Å². The van der Waals surface area contributed by atoms with Gasteiger partial charge in [-0.05, 0) is 0 Å². The first kappa shape index (κ1) is 22.5. The summed E-state index contributed by atoms with van der Waals surface area (Å²) >= 11 is 0. The Balaban J connectivity index is -0.0000000286. The van der Waals surface area contributed by atoms with Gasteiger partial charge in [0.15, 0.2) is 0 Å². The van der Waals surface area contributed by atoms with Crippen molar-refractivity contribution < 1.29 is 37.7 Å². The summed E-state index contributed by atoms with van der Waals surface area (Å²) in [6.45, 7) is 10.8. The van der Waals surface area contributed by atoms with Gasteiger partial charge in [0.05, 0.1) is 0 Å². The van der Waals surface area contributed by atoms with E-state index in [1.54, 1.807) is 6.92 Å². The molecule has 46 valence electrons. The molecule has 0 saturated heterocycles. The molecule has 0 aliphatic heterocycles. The van der Waals surface area contributed by atoms with Gasteiger partial charge < -0.3 is 13.8 Å². The first-order valence-electron chi connectivity index (χ1n) is 2.91. The van der Waals surface area contributed by atoms with Crippen molar-refractivity contribution in [3.05, 3.63) is 13.8 Å². The van der Waals surface area contributed by atoms with Gasteiger partial charge in [-0.25, -0.2) is 0 Å². The summed E-state index contributed by atoms with van der Waals surface area (Å²) < 4.78 is 0. The van der Waals surface area contributed by atoms with Gasteiger partial charge in [0.25, 0.3) is 0 Å². The zero-order valence-electron chi connectivity index (χ0n) is 7.54. The second-order valence-electron chi connectivity index (χ2n) is 1.21. The van der Waals surface area contributed by atoms with E-state index in [-0.39, 0.29) is 37.7 Å². The van der Waals surface area contributed by atoms with Crippen LogP contribution in [0, 0.1) is 13.8 Å². The molecule has 0 bridgehead atoms. The Morgan fingerprint density at radius 3 is 1.44 bits per heavy atom. The summed E-state index contributed by atoms with van der Waals surface area (Å²) in [6, 6.07) is 0. The molecule has 0 spiro atoms. The third-order valence-corrected chi connectivity index (χ3v) is 0.604. The van der Waals surface area contributed by atoms with Crippen LogP contribution in [0.1, 0.15) is 33.1 Å². The SMILES string of the molecule is [CH2-]C.[CH2-]CCCC.[Li+].[Li+]. The Morgan fingerprint density at radius 1 is 1.11 bits per heavy atom. The van der Waals surface area contributed by atoms with Crippen molar-refractivity contribution >= 4 is 0 Å². The van der Waals surface area contributed by atoms with Crippen LogP contribution in [0.15, 0.2) is 0 Å². The van der Waals surface area contributed by atoms with E-state index in [4.69, 9.17) is 0 Å². The second-order valence-corrected chi connectivity index (χ2v) is 1.21. The van der Waals surface area contributed by atoms with Gasteiger partial charge in [0.1, 0.15) is 0 Å². The Kier molecular flexibility index (Phi) is 87.6. The third-order valence-electron chi connectivity index (χ3n) is 0.604. The van der Waals surface area contributed by atoms with Gasteiger partial charge in [-0.2, -0.15) is 13.3 Å². The minimum Gasteiger partial charge on any atom is -0.346 e.